The van der Waals surface area contributed by atoms with Crippen LogP contribution in [-0.4, -0.2) is 0 Å². The normalized spacial score (nSPS) is 33.0. The van der Waals surface area contributed by atoms with E-state index >= 15 is 0 Å². The van der Waals surface area contributed by atoms with Gasteiger partial charge in [0.05, 0.1) is 0 Å². The first-order chi connectivity index (χ1) is 15.6. The van der Waals surface area contributed by atoms with Gasteiger partial charge in [-0.2, -0.15) is 0 Å². The minimum Gasteiger partial charge on any atom is -0.203 e. The van der Waals surface area contributed by atoms with Gasteiger partial charge in [-0.25, -0.2) is 8.78 Å². The van der Waals surface area contributed by atoms with Gasteiger partial charge in [-0.1, -0.05) is 50.8 Å². The molecule has 0 aliphatic heterocycles. The highest BCUT2D eigenvalue weighted by atomic mass is 19.2. The van der Waals surface area contributed by atoms with Crippen LogP contribution in [0.15, 0.2) is 24.8 Å². The monoisotopic (exact) mass is 442 g/mol. The van der Waals surface area contributed by atoms with Gasteiger partial charge in [0.15, 0.2) is 11.6 Å². The molecule has 3 fully saturated rings. The summed E-state index contributed by atoms with van der Waals surface area (Å²) in [5.41, 5.74) is 1.11. The molecule has 0 spiro atoms. The Balaban J connectivity index is 1.28. The first-order valence-electron chi connectivity index (χ1n) is 13.7. The van der Waals surface area contributed by atoms with Crippen LogP contribution in [0.4, 0.5) is 8.78 Å². The largest absolute Gasteiger partial charge is 0.203 e. The predicted octanol–water partition coefficient (Wildman–Crippen LogP) is 9.38. The summed E-state index contributed by atoms with van der Waals surface area (Å²) in [6.07, 6.45) is 20.4. The number of halogens is 2. The van der Waals surface area contributed by atoms with Crippen molar-refractivity contribution < 1.29 is 8.78 Å². The Morgan fingerprint density at radius 1 is 0.844 bits per heavy atom. The lowest BCUT2D eigenvalue weighted by molar-refractivity contribution is 0.0613. The van der Waals surface area contributed by atoms with Crippen LogP contribution in [0.1, 0.15) is 114 Å². The third-order valence-corrected chi connectivity index (χ3v) is 9.42. The second kappa shape index (κ2) is 11.3. The Kier molecular flexibility index (Phi) is 8.46. The van der Waals surface area contributed by atoms with E-state index in [4.69, 9.17) is 0 Å². The average molecular weight is 443 g/mol. The van der Waals surface area contributed by atoms with E-state index < -0.39 is 11.6 Å². The molecule has 0 bridgehead atoms. The molecule has 4 atom stereocenters. The smallest absolute Gasteiger partial charge is 0.162 e. The molecule has 0 saturated heterocycles. The maximum atomic E-state index is 14.8. The molecule has 0 heterocycles. The summed E-state index contributed by atoms with van der Waals surface area (Å²) >= 11 is 0. The van der Waals surface area contributed by atoms with Crippen LogP contribution in [0.2, 0.25) is 0 Å². The molecule has 0 nitrogen and oxygen atoms in total. The Morgan fingerprint density at radius 3 is 2.22 bits per heavy atom. The molecule has 4 rings (SSSR count). The van der Waals surface area contributed by atoms with Gasteiger partial charge in [0.25, 0.3) is 0 Å². The van der Waals surface area contributed by atoms with Crippen LogP contribution in [0.25, 0.3) is 0 Å². The Labute approximate surface area is 195 Å². The Hall–Kier alpha value is -1.18. The van der Waals surface area contributed by atoms with Gasteiger partial charge in [-0.3, -0.25) is 0 Å². The molecule has 32 heavy (non-hydrogen) atoms. The highest BCUT2D eigenvalue weighted by Crippen LogP contribution is 2.50. The van der Waals surface area contributed by atoms with Crippen molar-refractivity contribution >= 4 is 0 Å². The zero-order valence-electron chi connectivity index (χ0n) is 20.3. The van der Waals surface area contributed by atoms with E-state index in [9.17, 15) is 8.78 Å². The molecule has 4 unspecified atom stereocenters. The number of unbranched alkanes of at least 4 members (excludes halogenated alkanes) is 1. The summed E-state index contributed by atoms with van der Waals surface area (Å²) in [6, 6.07) is 3.67. The number of fused-ring (bicyclic) bond motifs is 1. The summed E-state index contributed by atoms with van der Waals surface area (Å²) < 4.78 is 29.4. The van der Waals surface area contributed by atoms with Crippen molar-refractivity contribution in [1.82, 2.24) is 0 Å². The minimum absolute atomic E-state index is 0.194. The minimum atomic E-state index is -0.626. The first-order valence-corrected chi connectivity index (χ1v) is 13.7. The van der Waals surface area contributed by atoms with Crippen molar-refractivity contribution in [2.75, 3.05) is 0 Å². The molecule has 0 amide bonds. The topological polar surface area (TPSA) is 0 Å². The summed E-state index contributed by atoms with van der Waals surface area (Å²) in [5, 5.41) is 0. The fraction of sp³-hybridized carbons (Fsp3) is 0.733. The van der Waals surface area contributed by atoms with Crippen molar-refractivity contribution in [2.24, 2.45) is 29.6 Å². The lowest BCUT2D eigenvalue weighted by atomic mass is 9.60. The molecule has 0 aromatic heterocycles. The van der Waals surface area contributed by atoms with Crippen molar-refractivity contribution in [1.29, 1.82) is 0 Å². The van der Waals surface area contributed by atoms with E-state index in [0.717, 1.165) is 42.4 Å². The molecule has 3 saturated carbocycles. The van der Waals surface area contributed by atoms with Crippen LogP contribution in [0.5, 0.6) is 0 Å². The van der Waals surface area contributed by atoms with Gasteiger partial charge in [0, 0.05) is 0 Å². The van der Waals surface area contributed by atoms with Crippen LogP contribution < -0.4 is 0 Å². The van der Waals surface area contributed by atoms with Gasteiger partial charge in [-0.05, 0) is 117 Å². The van der Waals surface area contributed by atoms with Crippen molar-refractivity contribution in [2.45, 2.75) is 109 Å². The molecule has 1 aromatic rings. The summed E-state index contributed by atoms with van der Waals surface area (Å²) in [4.78, 5) is 0. The highest BCUT2D eigenvalue weighted by molar-refractivity contribution is 5.29. The van der Waals surface area contributed by atoms with Crippen LogP contribution in [0, 0.1) is 41.2 Å². The van der Waals surface area contributed by atoms with E-state index in [1.54, 1.807) is 6.08 Å². The lowest BCUT2D eigenvalue weighted by Gasteiger charge is -2.45. The fourth-order valence-corrected chi connectivity index (χ4v) is 7.48. The molecule has 2 heteroatoms. The fourth-order valence-electron chi connectivity index (χ4n) is 7.48. The van der Waals surface area contributed by atoms with Gasteiger partial charge >= 0.3 is 0 Å². The number of benzene rings is 1. The van der Waals surface area contributed by atoms with E-state index in [1.165, 1.54) is 70.6 Å². The van der Waals surface area contributed by atoms with Crippen molar-refractivity contribution in [3.8, 4) is 0 Å². The van der Waals surface area contributed by atoms with Gasteiger partial charge in [0.1, 0.15) is 0 Å². The zero-order valence-corrected chi connectivity index (χ0v) is 20.3. The molecule has 3 aliphatic carbocycles. The third-order valence-electron chi connectivity index (χ3n) is 9.42. The molecule has 1 aromatic carbocycles. The molecular formula is C30H44F2. The van der Waals surface area contributed by atoms with E-state index in [2.05, 4.69) is 13.5 Å². The van der Waals surface area contributed by atoms with E-state index in [0.29, 0.717) is 24.0 Å². The zero-order chi connectivity index (χ0) is 22.5. The maximum absolute atomic E-state index is 14.8. The van der Waals surface area contributed by atoms with Crippen LogP contribution in [-0.2, 0) is 6.42 Å². The standard InChI is InChI=1S/C30H44F2/c1-3-5-7-21-9-10-27-20-26(16-15-25(27)19-21)22-11-13-23(14-12-22)28-18-17-24(8-6-4-2)29(31)30(28)32/h4,17-18,21-23,25-27H,2-3,5-16,19-20H2,1H3. The third kappa shape index (κ3) is 5.48. The van der Waals surface area contributed by atoms with Crippen molar-refractivity contribution in [3.63, 3.8) is 0 Å². The maximum Gasteiger partial charge on any atom is 0.162 e. The van der Waals surface area contributed by atoms with Gasteiger partial charge in [-0.15, -0.1) is 6.58 Å². The molecule has 3 aliphatic rings. The van der Waals surface area contributed by atoms with E-state index in [1.807, 2.05) is 12.1 Å². The second-order valence-corrected chi connectivity index (χ2v) is 11.3. The number of hydrogen-bond acceptors (Lipinski definition) is 0. The summed E-state index contributed by atoms with van der Waals surface area (Å²) in [6.45, 7) is 6.00. The summed E-state index contributed by atoms with van der Waals surface area (Å²) in [5.74, 6) is 3.64. The van der Waals surface area contributed by atoms with Crippen LogP contribution >= 0.6 is 0 Å². The number of aryl methyl sites for hydroxylation is 1. The highest BCUT2D eigenvalue weighted by Gasteiger charge is 2.39. The Morgan fingerprint density at radius 2 is 1.50 bits per heavy atom. The number of hydrogen-bond donors (Lipinski definition) is 0. The quantitative estimate of drug-likeness (QED) is 0.352. The number of allylic oxidation sites excluding steroid dienone is 1. The Bertz CT molecular complexity index is 745. The van der Waals surface area contributed by atoms with Crippen molar-refractivity contribution in [3.05, 3.63) is 47.5 Å². The predicted molar refractivity (Wildman–Crippen MR) is 131 cm³/mol. The molecule has 0 radical (unpaired) electrons. The second-order valence-electron chi connectivity index (χ2n) is 11.3. The number of rotatable bonds is 8. The average Bonchev–Trinajstić information content (AvgIpc) is 2.83. The van der Waals surface area contributed by atoms with Crippen LogP contribution in [0.3, 0.4) is 0 Å². The molecular weight excluding hydrogens is 398 g/mol. The first kappa shape index (κ1) is 24.0. The SMILES string of the molecule is C=CCCc1ccc(C2CCC(C3CCC4CC(CCCC)CCC4C3)CC2)c(F)c1F. The van der Waals surface area contributed by atoms with E-state index in [-0.39, 0.29) is 5.92 Å². The molecule has 0 N–H and O–H groups in total. The van der Waals surface area contributed by atoms with Gasteiger partial charge in [0.2, 0.25) is 0 Å². The lowest BCUT2D eigenvalue weighted by Crippen LogP contribution is -2.34. The molecule has 178 valence electrons. The summed E-state index contributed by atoms with van der Waals surface area (Å²) in [7, 11) is 0. The van der Waals surface area contributed by atoms with Gasteiger partial charge < -0.3 is 0 Å².